The summed E-state index contributed by atoms with van der Waals surface area (Å²) in [6, 6.07) is 12.8. The van der Waals surface area contributed by atoms with Gasteiger partial charge in [-0.05, 0) is 118 Å². The molecule has 0 aliphatic heterocycles. The summed E-state index contributed by atoms with van der Waals surface area (Å²) in [6.45, 7) is 1.40. The number of aliphatic carboxylic acids is 1. The second kappa shape index (κ2) is 11.7. The number of aromatic nitrogens is 2. The van der Waals surface area contributed by atoms with E-state index >= 15 is 0 Å². The Morgan fingerprint density at radius 2 is 1.69 bits per heavy atom. The first kappa shape index (κ1) is 28.6. The summed E-state index contributed by atoms with van der Waals surface area (Å²) in [4.78, 5) is 37.8. The van der Waals surface area contributed by atoms with Crippen LogP contribution in [0, 0.1) is 23.7 Å². The van der Waals surface area contributed by atoms with Gasteiger partial charge in [0.25, 0.3) is 5.91 Å². The largest absolute Gasteiger partial charge is 0.492 e. The van der Waals surface area contributed by atoms with E-state index in [1.165, 1.54) is 6.42 Å². The predicted octanol–water partition coefficient (Wildman–Crippen LogP) is 5.80. The number of amides is 1. The van der Waals surface area contributed by atoms with E-state index < -0.39 is 17.4 Å². The lowest BCUT2D eigenvalue weighted by molar-refractivity contribution is -0.163. The number of carbonyl (C=O) groups excluding carboxylic acids is 1. The van der Waals surface area contributed by atoms with Crippen LogP contribution in [-0.4, -0.2) is 64.6 Å². The second-order valence-corrected chi connectivity index (χ2v) is 12.8. The van der Waals surface area contributed by atoms with Gasteiger partial charge in [-0.25, -0.2) is 9.78 Å². The van der Waals surface area contributed by atoms with Crippen LogP contribution in [0.15, 0.2) is 54.9 Å². The van der Waals surface area contributed by atoms with E-state index in [0.717, 1.165) is 55.3 Å². The van der Waals surface area contributed by atoms with Crippen LogP contribution >= 0.6 is 11.6 Å². The Morgan fingerprint density at radius 1 is 1.00 bits per heavy atom. The van der Waals surface area contributed by atoms with Gasteiger partial charge in [0.05, 0.1) is 17.3 Å². The van der Waals surface area contributed by atoms with Crippen LogP contribution < -0.4 is 10.1 Å². The quantitative estimate of drug-likeness (QED) is 0.288. The summed E-state index contributed by atoms with van der Waals surface area (Å²) in [5.41, 5.74) is 1.97. The van der Waals surface area contributed by atoms with Gasteiger partial charge in [-0.1, -0.05) is 17.7 Å². The van der Waals surface area contributed by atoms with E-state index in [2.05, 4.69) is 15.2 Å². The Hall–Kier alpha value is -3.49. The summed E-state index contributed by atoms with van der Waals surface area (Å²) in [6.07, 6.45) is 8.91. The zero-order chi connectivity index (χ0) is 29.4. The normalized spacial score (nSPS) is 25.9. The number of carboxylic acids is 1. The van der Waals surface area contributed by atoms with Gasteiger partial charge in [0, 0.05) is 30.1 Å². The van der Waals surface area contributed by atoms with Crippen LogP contribution in [0.1, 0.15) is 49.0 Å². The van der Waals surface area contributed by atoms with Gasteiger partial charge in [-0.2, -0.15) is 0 Å². The SMILES string of the molecule is CN(C)CCCOc1cc(-c2nc(C(=O)NC3(C(=O)O)C4CC5CC(C4)CC3C5)ccc2-c2ccncc2)ccc1Cl. The fraction of sp³-hybridized carbons (Fsp3) is 0.455. The molecule has 1 aromatic carbocycles. The lowest BCUT2D eigenvalue weighted by atomic mass is 9.48. The second-order valence-electron chi connectivity index (χ2n) is 12.4. The number of hydrogen-bond donors (Lipinski definition) is 2. The van der Waals surface area contributed by atoms with Crippen molar-refractivity contribution in [1.29, 1.82) is 0 Å². The summed E-state index contributed by atoms with van der Waals surface area (Å²) >= 11 is 6.49. The Morgan fingerprint density at radius 3 is 2.33 bits per heavy atom. The molecule has 220 valence electrons. The number of nitrogens with one attached hydrogen (secondary N) is 1. The maximum absolute atomic E-state index is 13.8. The van der Waals surface area contributed by atoms with E-state index in [1.807, 2.05) is 44.4 Å². The molecular weight excluding hydrogens is 552 g/mol. The monoisotopic (exact) mass is 588 g/mol. The highest BCUT2D eigenvalue weighted by molar-refractivity contribution is 6.32. The van der Waals surface area contributed by atoms with Gasteiger partial charge in [0.2, 0.25) is 0 Å². The maximum Gasteiger partial charge on any atom is 0.330 e. The first-order valence-corrected chi connectivity index (χ1v) is 15.2. The van der Waals surface area contributed by atoms with E-state index in [1.54, 1.807) is 24.5 Å². The van der Waals surface area contributed by atoms with Gasteiger partial charge >= 0.3 is 5.97 Å². The molecule has 42 heavy (non-hydrogen) atoms. The van der Waals surface area contributed by atoms with Crippen molar-refractivity contribution in [3.63, 3.8) is 0 Å². The van der Waals surface area contributed by atoms with Crippen molar-refractivity contribution in [2.75, 3.05) is 27.2 Å². The molecule has 1 amide bonds. The van der Waals surface area contributed by atoms with Gasteiger partial charge in [-0.3, -0.25) is 9.78 Å². The Balaban J connectivity index is 1.34. The van der Waals surface area contributed by atoms with Crippen LogP contribution in [0.4, 0.5) is 0 Å². The first-order valence-electron chi connectivity index (χ1n) is 14.8. The maximum atomic E-state index is 13.8. The van der Waals surface area contributed by atoms with Crippen molar-refractivity contribution in [2.24, 2.45) is 23.7 Å². The summed E-state index contributed by atoms with van der Waals surface area (Å²) in [5, 5.41) is 14.0. The molecule has 4 saturated carbocycles. The molecule has 4 fully saturated rings. The van der Waals surface area contributed by atoms with Crippen molar-refractivity contribution in [2.45, 2.75) is 44.1 Å². The van der Waals surface area contributed by atoms with Gasteiger partial charge in [0.1, 0.15) is 17.0 Å². The highest BCUT2D eigenvalue weighted by Crippen LogP contribution is 2.58. The fourth-order valence-corrected chi connectivity index (χ4v) is 7.85. The number of hydrogen-bond acceptors (Lipinski definition) is 6. The number of nitrogens with zero attached hydrogens (tertiary/aromatic N) is 3. The third-order valence-electron chi connectivity index (χ3n) is 9.43. The highest BCUT2D eigenvalue weighted by Gasteiger charge is 2.62. The van der Waals surface area contributed by atoms with Gasteiger partial charge in [-0.15, -0.1) is 0 Å². The van der Waals surface area contributed by atoms with Gasteiger partial charge in [0.15, 0.2) is 0 Å². The van der Waals surface area contributed by atoms with Crippen LogP contribution in [0.5, 0.6) is 5.75 Å². The number of rotatable bonds is 10. The third-order valence-corrected chi connectivity index (χ3v) is 9.74. The van der Waals surface area contributed by atoms with Crippen molar-refractivity contribution in [3.8, 4) is 28.1 Å². The topological polar surface area (TPSA) is 105 Å². The molecule has 4 aliphatic carbocycles. The number of carboxylic acid groups (broad SMARTS) is 1. The van der Waals surface area contributed by atoms with Crippen molar-refractivity contribution in [3.05, 3.63) is 65.6 Å². The van der Waals surface area contributed by atoms with Crippen LogP contribution in [-0.2, 0) is 4.79 Å². The molecule has 3 aromatic rings. The minimum Gasteiger partial charge on any atom is -0.492 e. The summed E-state index contributed by atoms with van der Waals surface area (Å²) in [5.74, 6) is 0.219. The standard InChI is InChI=1S/C33H37ClN4O4/c1-38(2)12-3-13-42-29-19-23(4-6-27(29)34)30-26(22-8-10-35-11-9-22)5-7-28(36-30)31(39)37-33(32(40)41)24-15-20-14-21(17-24)18-25(33)16-20/h4-11,19-21,24-25H,3,12-18H2,1-2H3,(H,37,39)(H,40,41). The smallest absolute Gasteiger partial charge is 0.330 e. The lowest BCUT2D eigenvalue weighted by Crippen LogP contribution is -2.70. The molecule has 4 aliphatic rings. The number of halogens is 1. The van der Waals surface area contributed by atoms with Crippen molar-refractivity contribution < 1.29 is 19.4 Å². The Bertz CT molecular complexity index is 1450. The number of carbonyl (C=O) groups is 2. The molecule has 4 bridgehead atoms. The molecule has 0 atom stereocenters. The number of pyridine rings is 2. The van der Waals surface area contributed by atoms with Gasteiger partial charge < -0.3 is 20.1 Å². The molecule has 2 aromatic heterocycles. The van der Waals surface area contributed by atoms with E-state index in [4.69, 9.17) is 21.3 Å². The third kappa shape index (κ3) is 5.38. The Labute approximate surface area is 251 Å². The molecule has 2 N–H and O–H groups in total. The number of benzene rings is 1. The molecular formula is C33H37ClN4O4. The molecule has 0 unspecified atom stereocenters. The van der Waals surface area contributed by atoms with E-state index in [-0.39, 0.29) is 17.5 Å². The summed E-state index contributed by atoms with van der Waals surface area (Å²) < 4.78 is 6.03. The molecule has 0 radical (unpaired) electrons. The zero-order valence-corrected chi connectivity index (χ0v) is 24.8. The summed E-state index contributed by atoms with van der Waals surface area (Å²) in [7, 11) is 4.04. The minimum atomic E-state index is -1.25. The molecule has 9 heteroatoms. The van der Waals surface area contributed by atoms with Crippen molar-refractivity contribution >= 4 is 23.5 Å². The first-order chi connectivity index (χ1) is 20.2. The van der Waals surface area contributed by atoms with Crippen LogP contribution in [0.3, 0.4) is 0 Å². The minimum absolute atomic E-state index is 0.0470. The average Bonchev–Trinajstić information content (AvgIpc) is 2.97. The average molecular weight is 589 g/mol. The lowest BCUT2D eigenvalue weighted by Gasteiger charge is -2.59. The molecule has 0 saturated heterocycles. The van der Waals surface area contributed by atoms with E-state index in [0.29, 0.717) is 34.9 Å². The zero-order valence-electron chi connectivity index (χ0n) is 24.1. The molecule has 0 spiro atoms. The van der Waals surface area contributed by atoms with Crippen molar-refractivity contribution in [1.82, 2.24) is 20.2 Å². The van der Waals surface area contributed by atoms with Crippen LogP contribution in [0.25, 0.3) is 22.4 Å². The highest BCUT2D eigenvalue weighted by atomic mass is 35.5. The fourth-order valence-electron chi connectivity index (χ4n) is 7.68. The molecule has 2 heterocycles. The molecule has 7 rings (SSSR count). The van der Waals surface area contributed by atoms with Crippen LogP contribution in [0.2, 0.25) is 5.02 Å². The number of ether oxygens (including phenoxy) is 1. The Kier molecular flexibility index (Phi) is 7.94. The predicted molar refractivity (Wildman–Crippen MR) is 161 cm³/mol. The molecule has 8 nitrogen and oxygen atoms in total. The van der Waals surface area contributed by atoms with E-state index in [9.17, 15) is 14.7 Å².